The first-order valence-corrected chi connectivity index (χ1v) is 10.2. The molecule has 5 nitrogen and oxygen atoms in total. The molecule has 2 aliphatic heterocycles. The molecule has 0 saturated carbocycles. The van der Waals surface area contributed by atoms with Crippen molar-refractivity contribution in [3.05, 3.63) is 70.3 Å². The number of amides is 3. The first-order valence-electron chi connectivity index (χ1n) is 10.2. The fourth-order valence-electron chi connectivity index (χ4n) is 4.33. The maximum Gasteiger partial charge on any atom is 0.254 e. The molecule has 0 bridgehead atoms. The van der Waals surface area contributed by atoms with Crippen molar-refractivity contribution < 1.29 is 14.4 Å². The summed E-state index contributed by atoms with van der Waals surface area (Å²) >= 11 is 0. The Bertz CT molecular complexity index is 965. The molecule has 2 atom stereocenters. The molecule has 0 spiro atoms. The maximum absolute atomic E-state index is 13.2. The highest BCUT2D eigenvalue weighted by Crippen LogP contribution is 2.34. The molecule has 2 aromatic rings. The summed E-state index contributed by atoms with van der Waals surface area (Å²) in [5.41, 5.74) is 5.34. The molecule has 2 aromatic carbocycles. The van der Waals surface area contributed by atoms with Gasteiger partial charge in [0.2, 0.25) is 11.8 Å². The van der Waals surface area contributed by atoms with Gasteiger partial charge in [-0.15, -0.1) is 0 Å². The topological polar surface area (TPSA) is 66.5 Å². The van der Waals surface area contributed by atoms with E-state index in [0.29, 0.717) is 12.0 Å². The van der Waals surface area contributed by atoms with E-state index in [-0.39, 0.29) is 36.1 Å². The van der Waals surface area contributed by atoms with Crippen LogP contribution in [0.25, 0.3) is 0 Å². The first kappa shape index (κ1) is 19.4. The Labute approximate surface area is 171 Å². The third-order valence-electron chi connectivity index (χ3n) is 6.18. The number of hydrogen-bond donors (Lipinski definition) is 1. The van der Waals surface area contributed by atoms with Crippen LogP contribution in [0.1, 0.15) is 57.9 Å². The SMILES string of the molecule is Cc1ccc(C2CCCN2C(=O)c2ccc(CC3CC(=O)NC3=O)cc2)cc1C. The molecule has 2 heterocycles. The number of likely N-dealkylation sites (tertiary alicyclic amines) is 1. The Balaban J connectivity index is 1.47. The van der Waals surface area contributed by atoms with E-state index in [1.165, 1.54) is 16.7 Å². The van der Waals surface area contributed by atoms with Crippen LogP contribution in [0, 0.1) is 19.8 Å². The minimum atomic E-state index is -0.309. The lowest BCUT2D eigenvalue weighted by atomic mass is 9.96. The number of benzene rings is 2. The highest BCUT2D eigenvalue weighted by Gasteiger charge is 2.32. The van der Waals surface area contributed by atoms with Crippen LogP contribution in [0.3, 0.4) is 0 Å². The normalized spacial score (nSPS) is 21.5. The van der Waals surface area contributed by atoms with E-state index in [2.05, 4.69) is 37.4 Å². The van der Waals surface area contributed by atoms with Gasteiger partial charge < -0.3 is 4.90 Å². The Morgan fingerprint density at radius 2 is 1.83 bits per heavy atom. The van der Waals surface area contributed by atoms with E-state index >= 15 is 0 Å². The van der Waals surface area contributed by atoms with Gasteiger partial charge in [-0.2, -0.15) is 0 Å². The van der Waals surface area contributed by atoms with Gasteiger partial charge in [0.1, 0.15) is 0 Å². The van der Waals surface area contributed by atoms with Gasteiger partial charge in [0, 0.05) is 18.5 Å². The Hall–Kier alpha value is -2.95. The van der Waals surface area contributed by atoms with E-state index in [1.807, 2.05) is 29.2 Å². The fourth-order valence-corrected chi connectivity index (χ4v) is 4.33. The summed E-state index contributed by atoms with van der Waals surface area (Å²) < 4.78 is 0. The average molecular weight is 390 g/mol. The fraction of sp³-hybridized carbons (Fsp3) is 0.375. The molecule has 5 heteroatoms. The summed E-state index contributed by atoms with van der Waals surface area (Å²) in [4.78, 5) is 38.2. The molecule has 29 heavy (non-hydrogen) atoms. The van der Waals surface area contributed by atoms with Gasteiger partial charge in [-0.3, -0.25) is 19.7 Å². The molecule has 4 rings (SSSR count). The van der Waals surface area contributed by atoms with Crippen LogP contribution in [0.15, 0.2) is 42.5 Å². The molecular formula is C24H26N2O3. The summed E-state index contributed by atoms with van der Waals surface area (Å²) in [6, 6.07) is 14.0. The predicted molar refractivity (Wildman–Crippen MR) is 110 cm³/mol. The van der Waals surface area contributed by atoms with Gasteiger partial charge in [-0.25, -0.2) is 0 Å². The smallest absolute Gasteiger partial charge is 0.254 e. The number of imide groups is 1. The number of nitrogens with one attached hydrogen (secondary N) is 1. The molecule has 2 aliphatic rings. The minimum Gasteiger partial charge on any atom is -0.332 e. The summed E-state index contributed by atoms with van der Waals surface area (Å²) in [6.45, 7) is 4.97. The summed E-state index contributed by atoms with van der Waals surface area (Å²) in [5, 5.41) is 2.34. The third-order valence-corrected chi connectivity index (χ3v) is 6.18. The molecule has 2 unspecified atom stereocenters. The van der Waals surface area contributed by atoms with Gasteiger partial charge in [-0.1, -0.05) is 30.3 Å². The Kier molecular flexibility index (Phi) is 5.22. The van der Waals surface area contributed by atoms with Crippen molar-refractivity contribution in [2.75, 3.05) is 6.54 Å². The van der Waals surface area contributed by atoms with Gasteiger partial charge in [0.15, 0.2) is 0 Å². The lowest BCUT2D eigenvalue weighted by Gasteiger charge is -2.26. The van der Waals surface area contributed by atoms with Crippen LogP contribution in [0.4, 0.5) is 0 Å². The standard InChI is InChI=1S/C24H26N2O3/c1-15-5-8-19(12-16(15)2)21-4-3-11-26(21)24(29)18-9-6-17(7-10-18)13-20-14-22(27)25-23(20)28/h5-10,12,20-21H,3-4,11,13-14H2,1-2H3,(H,25,27,28). The molecule has 2 saturated heterocycles. The van der Waals surface area contributed by atoms with Crippen molar-refractivity contribution in [1.29, 1.82) is 0 Å². The van der Waals surface area contributed by atoms with Gasteiger partial charge in [-0.05, 0) is 67.5 Å². The minimum absolute atomic E-state index is 0.0473. The van der Waals surface area contributed by atoms with Gasteiger partial charge >= 0.3 is 0 Å². The second-order valence-corrected chi connectivity index (χ2v) is 8.21. The van der Waals surface area contributed by atoms with Crippen molar-refractivity contribution in [2.45, 2.75) is 45.6 Å². The largest absolute Gasteiger partial charge is 0.332 e. The maximum atomic E-state index is 13.2. The lowest BCUT2D eigenvalue weighted by Crippen LogP contribution is -2.30. The zero-order chi connectivity index (χ0) is 20.5. The van der Waals surface area contributed by atoms with Crippen molar-refractivity contribution in [2.24, 2.45) is 5.92 Å². The van der Waals surface area contributed by atoms with Crippen LogP contribution in [-0.2, 0) is 16.0 Å². The third kappa shape index (κ3) is 3.95. The number of nitrogens with zero attached hydrogens (tertiary/aromatic N) is 1. The highest BCUT2D eigenvalue weighted by molar-refractivity contribution is 6.03. The Morgan fingerprint density at radius 3 is 2.48 bits per heavy atom. The van der Waals surface area contributed by atoms with Crippen molar-refractivity contribution >= 4 is 17.7 Å². The zero-order valence-electron chi connectivity index (χ0n) is 16.9. The molecule has 150 valence electrons. The summed E-state index contributed by atoms with van der Waals surface area (Å²) in [6.07, 6.45) is 2.75. The van der Waals surface area contributed by atoms with Crippen LogP contribution in [0.2, 0.25) is 0 Å². The van der Waals surface area contributed by atoms with E-state index in [1.54, 1.807) is 0 Å². The lowest BCUT2D eigenvalue weighted by molar-refractivity contribution is -0.125. The molecular weight excluding hydrogens is 364 g/mol. The number of carbonyl (C=O) groups is 3. The van der Waals surface area contributed by atoms with Gasteiger partial charge in [0.05, 0.1) is 12.0 Å². The van der Waals surface area contributed by atoms with Crippen LogP contribution >= 0.6 is 0 Å². The predicted octanol–water partition coefficient (Wildman–Crippen LogP) is 3.49. The Morgan fingerprint density at radius 1 is 1.07 bits per heavy atom. The summed E-state index contributed by atoms with van der Waals surface area (Å²) in [5.74, 6) is -0.676. The van der Waals surface area contributed by atoms with E-state index in [9.17, 15) is 14.4 Å². The van der Waals surface area contributed by atoms with Crippen LogP contribution in [-0.4, -0.2) is 29.2 Å². The second-order valence-electron chi connectivity index (χ2n) is 8.21. The van der Waals surface area contributed by atoms with Crippen LogP contribution in [0.5, 0.6) is 0 Å². The number of hydrogen-bond acceptors (Lipinski definition) is 3. The molecule has 0 aromatic heterocycles. The summed E-state index contributed by atoms with van der Waals surface area (Å²) in [7, 11) is 0. The van der Waals surface area contributed by atoms with Gasteiger partial charge in [0.25, 0.3) is 5.91 Å². The quantitative estimate of drug-likeness (QED) is 0.813. The van der Waals surface area contributed by atoms with E-state index < -0.39 is 0 Å². The number of carbonyl (C=O) groups excluding carboxylic acids is 3. The first-order chi connectivity index (χ1) is 13.9. The number of aryl methyl sites for hydroxylation is 2. The van der Waals surface area contributed by atoms with Crippen molar-refractivity contribution in [3.63, 3.8) is 0 Å². The van der Waals surface area contributed by atoms with Crippen LogP contribution < -0.4 is 5.32 Å². The van der Waals surface area contributed by atoms with E-state index in [4.69, 9.17) is 0 Å². The molecule has 3 amide bonds. The average Bonchev–Trinajstić information content (AvgIpc) is 3.30. The highest BCUT2D eigenvalue weighted by atomic mass is 16.2. The molecule has 2 fully saturated rings. The zero-order valence-corrected chi connectivity index (χ0v) is 16.9. The monoisotopic (exact) mass is 390 g/mol. The van der Waals surface area contributed by atoms with Crippen molar-refractivity contribution in [3.8, 4) is 0 Å². The van der Waals surface area contributed by atoms with Crippen molar-refractivity contribution in [1.82, 2.24) is 10.2 Å². The number of rotatable bonds is 4. The second kappa shape index (κ2) is 7.82. The van der Waals surface area contributed by atoms with E-state index in [0.717, 1.165) is 24.9 Å². The molecule has 0 aliphatic carbocycles. The molecule has 1 N–H and O–H groups in total. The molecule has 0 radical (unpaired) electrons.